The lowest BCUT2D eigenvalue weighted by molar-refractivity contribution is -0.108. The fraction of sp³-hybridized carbons (Fsp3) is 0.393. The largest absolute Gasteiger partial charge is 0.496 e. The van der Waals surface area contributed by atoms with Gasteiger partial charge >= 0.3 is 6.09 Å². The van der Waals surface area contributed by atoms with Crippen molar-refractivity contribution in [1.29, 1.82) is 0 Å². The Morgan fingerprint density at radius 2 is 1.83 bits per heavy atom. The van der Waals surface area contributed by atoms with Crippen LogP contribution in [0.25, 0.3) is 21.9 Å². The van der Waals surface area contributed by atoms with Crippen LogP contribution in [0.4, 0.5) is 4.79 Å². The minimum Gasteiger partial charge on any atom is -0.496 e. The van der Waals surface area contributed by atoms with E-state index in [0.717, 1.165) is 44.9 Å². The standard InChI is InChI=1S/C26H29N3O4.C2H6O/c1-15-7-8-19-20(13-15)28-24(27-19)18(10-12-30)22-17-9-11-29(25(31)33-26(3,4)5)23(17)16(2)14-21(22)32-6;1-3-2/h7-9,11-14,18H,10H2,1-6H3,(H,27,28);1-2H3. The number of aromatic nitrogens is 3. The Labute approximate surface area is 211 Å². The normalized spacial score (nSPS) is 12.2. The molecule has 0 aliphatic rings. The van der Waals surface area contributed by atoms with Gasteiger partial charge in [0.2, 0.25) is 0 Å². The van der Waals surface area contributed by atoms with Crippen molar-refractivity contribution in [3.63, 3.8) is 0 Å². The first-order valence-electron chi connectivity index (χ1n) is 11.8. The third-order valence-corrected chi connectivity index (χ3v) is 5.64. The monoisotopic (exact) mass is 493 g/mol. The zero-order valence-corrected chi connectivity index (χ0v) is 22.3. The predicted molar refractivity (Wildman–Crippen MR) is 141 cm³/mol. The van der Waals surface area contributed by atoms with Gasteiger partial charge in [0.15, 0.2) is 0 Å². The molecule has 0 aliphatic heterocycles. The van der Waals surface area contributed by atoms with Crippen LogP contribution in [0.15, 0.2) is 36.5 Å². The summed E-state index contributed by atoms with van der Waals surface area (Å²) in [5.74, 6) is 0.948. The molecule has 1 unspecified atom stereocenters. The molecular formula is C28H35N3O5. The number of nitrogens with one attached hydrogen (secondary N) is 1. The molecule has 4 aromatic rings. The summed E-state index contributed by atoms with van der Waals surface area (Å²) < 4.78 is 17.1. The van der Waals surface area contributed by atoms with E-state index in [2.05, 4.69) is 9.72 Å². The molecule has 0 fully saturated rings. The van der Waals surface area contributed by atoms with Gasteiger partial charge in [0, 0.05) is 37.8 Å². The van der Waals surface area contributed by atoms with Crippen LogP contribution in [-0.2, 0) is 14.3 Å². The van der Waals surface area contributed by atoms with Crippen molar-refractivity contribution >= 4 is 34.3 Å². The van der Waals surface area contributed by atoms with Gasteiger partial charge in [-0.15, -0.1) is 0 Å². The molecule has 2 aromatic carbocycles. The van der Waals surface area contributed by atoms with Gasteiger partial charge in [-0.2, -0.15) is 0 Å². The highest BCUT2D eigenvalue weighted by Gasteiger charge is 2.28. The van der Waals surface area contributed by atoms with Crippen LogP contribution in [0.5, 0.6) is 5.75 Å². The minimum atomic E-state index is -0.622. The van der Waals surface area contributed by atoms with Gasteiger partial charge in [-0.25, -0.2) is 9.78 Å². The summed E-state index contributed by atoms with van der Waals surface area (Å²) in [6, 6.07) is 9.76. The Hall–Kier alpha value is -3.65. The smallest absolute Gasteiger partial charge is 0.419 e. The molecule has 0 aliphatic carbocycles. The lowest BCUT2D eigenvalue weighted by Crippen LogP contribution is -2.26. The Kier molecular flexibility index (Phi) is 8.20. The summed E-state index contributed by atoms with van der Waals surface area (Å²) >= 11 is 0. The summed E-state index contributed by atoms with van der Waals surface area (Å²) in [6.45, 7) is 9.45. The zero-order chi connectivity index (χ0) is 26.6. The molecule has 2 heterocycles. The number of aryl methyl sites for hydroxylation is 2. The van der Waals surface area contributed by atoms with E-state index in [9.17, 15) is 9.59 Å². The fourth-order valence-corrected chi connectivity index (χ4v) is 4.29. The van der Waals surface area contributed by atoms with Gasteiger partial charge in [0.1, 0.15) is 23.5 Å². The van der Waals surface area contributed by atoms with E-state index in [1.165, 1.54) is 4.57 Å². The molecule has 4 rings (SSSR count). The van der Waals surface area contributed by atoms with Gasteiger partial charge < -0.3 is 24.0 Å². The number of aromatic amines is 1. The topological polar surface area (TPSA) is 95.4 Å². The second kappa shape index (κ2) is 11.0. The number of H-pyrrole nitrogens is 1. The van der Waals surface area contributed by atoms with Crippen LogP contribution in [0.3, 0.4) is 0 Å². The number of carbonyl (C=O) groups excluding carboxylic acids is 2. The Morgan fingerprint density at radius 1 is 1.14 bits per heavy atom. The van der Waals surface area contributed by atoms with Crippen molar-refractivity contribution in [2.24, 2.45) is 0 Å². The van der Waals surface area contributed by atoms with Crippen LogP contribution in [-0.4, -0.2) is 53.8 Å². The molecule has 0 amide bonds. The first-order valence-corrected chi connectivity index (χ1v) is 11.8. The maximum Gasteiger partial charge on any atom is 0.419 e. The number of imidazole rings is 1. The zero-order valence-electron chi connectivity index (χ0n) is 22.3. The van der Waals surface area contributed by atoms with Crippen molar-refractivity contribution < 1.29 is 23.8 Å². The summed E-state index contributed by atoms with van der Waals surface area (Å²) in [7, 11) is 4.86. The quantitative estimate of drug-likeness (QED) is 0.347. The van der Waals surface area contributed by atoms with Crippen molar-refractivity contribution in [3.8, 4) is 5.75 Å². The molecule has 1 N–H and O–H groups in total. The van der Waals surface area contributed by atoms with E-state index >= 15 is 0 Å². The number of aldehydes is 1. The maximum atomic E-state index is 12.9. The lowest BCUT2D eigenvalue weighted by atomic mass is 9.90. The van der Waals surface area contributed by atoms with Crippen LogP contribution in [0, 0.1) is 13.8 Å². The fourth-order valence-electron chi connectivity index (χ4n) is 4.29. The molecule has 0 spiro atoms. The molecule has 0 saturated carbocycles. The third-order valence-electron chi connectivity index (χ3n) is 5.64. The average Bonchev–Trinajstić information content (AvgIpc) is 3.42. The predicted octanol–water partition coefficient (Wildman–Crippen LogP) is 5.91. The number of ether oxygens (including phenoxy) is 3. The number of fused-ring (bicyclic) bond motifs is 2. The van der Waals surface area contributed by atoms with E-state index in [4.69, 9.17) is 14.5 Å². The Balaban J connectivity index is 0.00000115. The molecule has 0 bridgehead atoms. The highest BCUT2D eigenvalue weighted by atomic mass is 16.6. The molecule has 8 nitrogen and oxygen atoms in total. The second-order valence-electron chi connectivity index (χ2n) is 9.74. The first-order chi connectivity index (χ1) is 17.0. The van der Waals surface area contributed by atoms with Gasteiger partial charge in [0.05, 0.1) is 29.6 Å². The molecule has 8 heteroatoms. The molecule has 1 atom stereocenters. The minimum absolute atomic E-state index is 0.213. The number of benzene rings is 2. The van der Waals surface area contributed by atoms with E-state index in [1.54, 1.807) is 27.5 Å². The number of nitrogens with zero attached hydrogens (tertiary/aromatic N) is 2. The van der Waals surface area contributed by atoms with Crippen molar-refractivity contribution in [2.75, 3.05) is 21.3 Å². The van der Waals surface area contributed by atoms with Gasteiger partial charge in [-0.1, -0.05) is 6.07 Å². The van der Waals surface area contributed by atoms with Gasteiger partial charge in [-0.3, -0.25) is 4.57 Å². The van der Waals surface area contributed by atoms with E-state index in [0.29, 0.717) is 11.6 Å². The lowest BCUT2D eigenvalue weighted by Gasteiger charge is -2.21. The van der Waals surface area contributed by atoms with Crippen LogP contribution in [0.1, 0.15) is 55.6 Å². The molecule has 36 heavy (non-hydrogen) atoms. The van der Waals surface area contributed by atoms with Crippen LogP contribution < -0.4 is 4.74 Å². The number of hydrogen-bond donors (Lipinski definition) is 1. The van der Waals surface area contributed by atoms with Gasteiger partial charge in [-0.05, 0) is 70.0 Å². The number of hydrogen-bond acceptors (Lipinski definition) is 6. The first kappa shape index (κ1) is 26.9. The van der Waals surface area contributed by atoms with E-state index < -0.39 is 11.7 Å². The Morgan fingerprint density at radius 3 is 2.44 bits per heavy atom. The van der Waals surface area contributed by atoms with Gasteiger partial charge in [0.25, 0.3) is 0 Å². The summed E-state index contributed by atoms with van der Waals surface area (Å²) in [6.07, 6.45) is 2.35. The average molecular weight is 494 g/mol. The van der Waals surface area contributed by atoms with Crippen molar-refractivity contribution in [2.45, 2.75) is 52.6 Å². The molecule has 2 aromatic heterocycles. The number of rotatable bonds is 5. The molecular weight excluding hydrogens is 458 g/mol. The third kappa shape index (κ3) is 5.60. The van der Waals surface area contributed by atoms with E-state index in [-0.39, 0.29) is 12.3 Å². The van der Waals surface area contributed by atoms with E-state index in [1.807, 2.05) is 65.0 Å². The summed E-state index contributed by atoms with van der Waals surface area (Å²) in [5, 5.41) is 0.821. The van der Waals surface area contributed by atoms with Crippen LogP contribution in [0.2, 0.25) is 0 Å². The molecule has 0 saturated heterocycles. The molecule has 192 valence electrons. The summed E-state index contributed by atoms with van der Waals surface area (Å²) in [5.41, 5.74) is 4.64. The highest BCUT2D eigenvalue weighted by molar-refractivity contribution is 5.96. The number of carbonyl (C=O) groups is 2. The highest BCUT2D eigenvalue weighted by Crippen LogP contribution is 2.41. The second-order valence-corrected chi connectivity index (χ2v) is 9.74. The van der Waals surface area contributed by atoms with Crippen molar-refractivity contribution in [3.05, 3.63) is 59.0 Å². The summed E-state index contributed by atoms with van der Waals surface area (Å²) in [4.78, 5) is 32.8. The SMILES string of the molecule is COC.COc1cc(C)c2c(ccn2C(=O)OC(C)(C)C)c1C(CC=O)c1nc2ccc(C)cc2[nH]1. The molecule has 0 radical (unpaired) electrons. The maximum absolute atomic E-state index is 12.9. The van der Waals surface area contributed by atoms with Crippen LogP contribution >= 0.6 is 0 Å². The Bertz CT molecular complexity index is 1380. The van der Waals surface area contributed by atoms with Crippen molar-refractivity contribution in [1.82, 2.24) is 14.5 Å². The number of methoxy groups -OCH3 is 2.